The lowest BCUT2D eigenvalue weighted by Gasteiger charge is -2.11. The first kappa shape index (κ1) is 35.9. The summed E-state index contributed by atoms with van der Waals surface area (Å²) in [5, 5.41) is 7.03. The Morgan fingerprint density at radius 1 is 0.302 bits per heavy atom. The second-order valence-electron chi connectivity index (χ2n) is 15.9. The van der Waals surface area contributed by atoms with Gasteiger partial charge in [0, 0.05) is 73.4 Å². The number of aromatic nitrogens is 3. The summed E-state index contributed by atoms with van der Waals surface area (Å²) >= 11 is 3.67. The molecule has 0 unspecified atom stereocenters. The fraction of sp³-hybridized carbons (Fsp3) is 0. The van der Waals surface area contributed by atoms with Crippen molar-refractivity contribution in [2.75, 3.05) is 0 Å². The molecule has 0 aliphatic heterocycles. The Kier molecular flexibility index (Phi) is 8.22. The van der Waals surface area contributed by atoms with Crippen molar-refractivity contribution < 1.29 is 4.42 Å². The predicted molar refractivity (Wildman–Crippen MR) is 265 cm³/mol. The third-order valence-corrected chi connectivity index (χ3v) is 14.5. The van der Waals surface area contributed by atoms with Crippen LogP contribution >= 0.6 is 22.7 Å². The van der Waals surface area contributed by atoms with Gasteiger partial charge in [0.05, 0.1) is 0 Å². The third-order valence-electron chi connectivity index (χ3n) is 12.2. The van der Waals surface area contributed by atoms with Crippen LogP contribution in [0.2, 0.25) is 0 Å². The fourth-order valence-corrected chi connectivity index (χ4v) is 11.3. The number of benzene rings is 9. The minimum absolute atomic E-state index is 0.587. The van der Waals surface area contributed by atoms with Gasteiger partial charge in [-0.05, 0) is 82.4 Å². The summed E-state index contributed by atoms with van der Waals surface area (Å²) in [6, 6.07) is 70.9. The van der Waals surface area contributed by atoms with Crippen LogP contribution in [-0.2, 0) is 0 Å². The number of furan rings is 1. The average Bonchev–Trinajstić information content (AvgIpc) is 4.05. The monoisotopic (exact) mass is 839 g/mol. The van der Waals surface area contributed by atoms with E-state index < -0.39 is 0 Å². The highest BCUT2D eigenvalue weighted by molar-refractivity contribution is 7.26. The summed E-state index contributed by atoms with van der Waals surface area (Å²) in [5.74, 6) is 1.81. The SMILES string of the molecule is c1ccc(-c2ccc(-c3nc(-c4ccccc4)nc(-c4cccc5oc6c(-c7ccc8sc9ccccc9c8c7)cc(-c7ccc8sc9ccccc9c8c7)cc6c45)n3)cc2)cc1. The second-order valence-corrected chi connectivity index (χ2v) is 18.1. The Balaban J connectivity index is 1.05. The van der Waals surface area contributed by atoms with Gasteiger partial charge in [0.15, 0.2) is 17.5 Å². The molecule has 294 valence electrons. The van der Waals surface area contributed by atoms with Crippen LogP contribution in [0.15, 0.2) is 205 Å². The average molecular weight is 840 g/mol. The van der Waals surface area contributed by atoms with E-state index in [2.05, 4.69) is 170 Å². The molecule has 63 heavy (non-hydrogen) atoms. The molecule has 0 amide bonds. The van der Waals surface area contributed by atoms with Crippen molar-refractivity contribution in [3.8, 4) is 67.5 Å². The minimum Gasteiger partial charge on any atom is -0.455 e. The van der Waals surface area contributed by atoms with Gasteiger partial charge in [0.1, 0.15) is 11.2 Å². The van der Waals surface area contributed by atoms with Crippen LogP contribution < -0.4 is 0 Å². The van der Waals surface area contributed by atoms with Gasteiger partial charge >= 0.3 is 0 Å². The summed E-state index contributed by atoms with van der Waals surface area (Å²) in [6.07, 6.45) is 0. The zero-order valence-corrected chi connectivity index (χ0v) is 35.3. The molecule has 0 fully saturated rings. The molecule has 0 saturated carbocycles. The second kappa shape index (κ2) is 14.4. The maximum absolute atomic E-state index is 7.01. The zero-order valence-electron chi connectivity index (χ0n) is 33.6. The Bertz CT molecular complexity index is 3900. The van der Waals surface area contributed by atoms with Crippen LogP contribution in [-0.4, -0.2) is 15.0 Å². The fourth-order valence-electron chi connectivity index (χ4n) is 9.08. The van der Waals surface area contributed by atoms with Crippen LogP contribution in [0.25, 0.3) is 130 Å². The highest BCUT2D eigenvalue weighted by Gasteiger charge is 2.22. The van der Waals surface area contributed by atoms with Gasteiger partial charge in [-0.2, -0.15) is 0 Å². The topological polar surface area (TPSA) is 51.8 Å². The maximum Gasteiger partial charge on any atom is 0.164 e. The molecule has 0 aliphatic carbocycles. The Morgan fingerprint density at radius 3 is 1.48 bits per heavy atom. The molecule has 9 aromatic carbocycles. The van der Waals surface area contributed by atoms with Crippen molar-refractivity contribution >= 4 is 85.0 Å². The Morgan fingerprint density at radius 2 is 0.794 bits per heavy atom. The number of nitrogens with zero attached hydrogens (tertiary/aromatic N) is 3. The minimum atomic E-state index is 0.587. The molecule has 4 aromatic heterocycles. The van der Waals surface area contributed by atoms with Crippen molar-refractivity contribution in [2.24, 2.45) is 0 Å². The van der Waals surface area contributed by atoms with Gasteiger partial charge < -0.3 is 4.42 Å². The summed E-state index contributed by atoms with van der Waals surface area (Å²) in [5.41, 5.74) is 11.0. The molecule has 0 atom stereocenters. The van der Waals surface area contributed by atoms with E-state index in [9.17, 15) is 0 Å². The molecule has 0 radical (unpaired) electrons. The van der Waals surface area contributed by atoms with Gasteiger partial charge in [-0.3, -0.25) is 0 Å². The van der Waals surface area contributed by atoms with E-state index in [1.807, 2.05) is 53.0 Å². The highest BCUT2D eigenvalue weighted by atomic mass is 32.1. The molecular formula is C57H33N3OS2. The normalized spacial score (nSPS) is 11.8. The van der Waals surface area contributed by atoms with Crippen molar-refractivity contribution in [3.05, 3.63) is 200 Å². The largest absolute Gasteiger partial charge is 0.455 e. The summed E-state index contributed by atoms with van der Waals surface area (Å²) in [4.78, 5) is 15.5. The van der Waals surface area contributed by atoms with E-state index in [0.29, 0.717) is 17.5 Å². The van der Waals surface area contributed by atoms with E-state index in [0.717, 1.165) is 72.0 Å². The van der Waals surface area contributed by atoms with Crippen LogP contribution in [0.5, 0.6) is 0 Å². The predicted octanol–water partition coefficient (Wildman–Crippen LogP) is 16.5. The van der Waals surface area contributed by atoms with Crippen molar-refractivity contribution in [1.82, 2.24) is 15.0 Å². The molecule has 0 N–H and O–H groups in total. The summed E-state index contributed by atoms with van der Waals surface area (Å²) < 4.78 is 12.1. The van der Waals surface area contributed by atoms with Gasteiger partial charge in [-0.15, -0.1) is 22.7 Å². The number of fused-ring (bicyclic) bond motifs is 9. The van der Waals surface area contributed by atoms with E-state index in [1.54, 1.807) is 0 Å². The first-order chi connectivity index (χ1) is 31.2. The molecule has 0 aliphatic rings. The number of rotatable bonds is 6. The zero-order chi connectivity index (χ0) is 41.4. The molecule has 0 saturated heterocycles. The van der Waals surface area contributed by atoms with E-state index in [-0.39, 0.29) is 0 Å². The lowest BCUT2D eigenvalue weighted by molar-refractivity contribution is 0.670. The molecule has 13 aromatic rings. The Labute approximate surface area is 370 Å². The molecule has 0 spiro atoms. The van der Waals surface area contributed by atoms with E-state index >= 15 is 0 Å². The van der Waals surface area contributed by atoms with Crippen molar-refractivity contribution in [3.63, 3.8) is 0 Å². The summed E-state index contributed by atoms with van der Waals surface area (Å²) in [7, 11) is 0. The van der Waals surface area contributed by atoms with Gasteiger partial charge in [0.25, 0.3) is 0 Å². The van der Waals surface area contributed by atoms with Crippen LogP contribution in [0.1, 0.15) is 0 Å². The van der Waals surface area contributed by atoms with E-state index in [4.69, 9.17) is 19.4 Å². The van der Waals surface area contributed by atoms with Crippen molar-refractivity contribution in [1.29, 1.82) is 0 Å². The third kappa shape index (κ3) is 6.06. The summed E-state index contributed by atoms with van der Waals surface area (Å²) in [6.45, 7) is 0. The Hall–Kier alpha value is -7.77. The molecule has 6 heteroatoms. The van der Waals surface area contributed by atoms with Crippen LogP contribution in [0.4, 0.5) is 0 Å². The number of hydrogen-bond acceptors (Lipinski definition) is 6. The van der Waals surface area contributed by atoms with Crippen LogP contribution in [0, 0.1) is 0 Å². The van der Waals surface area contributed by atoms with Gasteiger partial charge in [0.2, 0.25) is 0 Å². The highest BCUT2D eigenvalue weighted by Crippen LogP contribution is 2.45. The lowest BCUT2D eigenvalue weighted by Crippen LogP contribution is -2.00. The van der Waals surface area contributed by atoms with E-state index in [1.165, 1.54) is 40.3 Å². The molecule has 13 rings (SSSR count). The van der Waals surface area contributed by atoms with Gasteiger partial charge in [-0.1, -0.05) is 146 Å². The molecular weight excluding hydrogens is 807 g/mol. The molecule has 4 heterocycles. The molecule has 4 nitrogen and oxygen atoms in total. The first-order valence-electron chi connectivity index (χ1n) is 21.0. The van der Waals surface area contributed by atoms with Gasteiger partial charge in [-0.25, -0.2) is 15.0 Å². The maximum atomic E-state index is 7.01. The number of hydrogen-bond donors (Lipinski definition) is 0. The first-order valence-corrected chi connectivity index (χ1v) is 22.6. The van der Waals surface area contributed by atoms with Crippen LogP contribution in [0.3, 0.4) is 0 Å². The van der Waals surface area contributed by atoms with Crippen molar-refractivity contribution in [2.45, 2.75) is 0 Å². The molecule has 0 bridgehead atoms. The lowest BCUT2D eigenvalue weighted by atomic mass is 9.93. The number of thiophene rings is 2. The quantitative estimate of drug-likeness (QED) is 0.167. The smallest absolute Gasteiger partial charge is 0.164 e. The standard InChI is InChI=1S/C57H33N3OS2/c1-3-12-34(13-4-1)35-22-24-37(25-23-35)56-58-55(36-14-5-2-6-15-36)59-57(60-56)43-18-11-19-48-53(43)47-33-40(38-26-28-51-45(30-38)41-16-7-9-20-49(41)62-51)32-44(54(47)61-48)39-27-29-52-46(31-39)42-17-8-10-21-50(42)63-52/h1-33H.